The van der Waals surface area contributed by atoms with Gasteiger partial charge >= 0.3 is 0 Å². The highest BCUT2D eigenvalue weighted by Gasteiger charge is 2.44. The number of carbonyl (C=O) groups excluding carboxylic acids is 1. The number of halogens is 1. The summed E-state index contributed by atoms with van der Waals surface area (Å²) in [6.45, 7) is 3.39. The number of rotatable bonds is 3. The Bertz CT molecular complexity index is 692. The Kier molecular flexibility index (Phi) is 5.94. The van der Waals surface area contributed by atoms with Gasteiger partial charge < -0.3 is 10.2 Å². The maximum atomic E-state index is 13.5. The van der Waals surface area contributed by atoms with Crippen LogP contribution < -0.4 is 5.32 Å². The van der Waals surface area contributed by atoms with E-state index in [9.17, 15) is 4.79 Å². The summed E-state index contributed by atoms with van der Waals surface area (Å²) in [5.41, 5.74) is 0.798. The lowest BCUT2D eigenvalue weighted by Gasteiger charge is -2.42. The number of hydrogen-bond donors (Lipinski definition) is 1. The smallest absolute Gasteiger partial charge is 0.233 e. The average Bonchev–Trinajstić information content (AvgIpc) is 3.24. The van der Waals surface area contributed by atoms with Crippen LogP contribution in [0.3, 0.4) is 0 Å². The SMILES string of the molecule is Cl.O=C(N1CCC(n2cncn2)CC1)C1(c2ccccc2)CCNCC1. The standard InChI is InChI=1S/C19H25N5O.ClH/c25-18(23-12-6-17(7-13-23)24-15-21-14-22-24)19(8-10-20-11-9-19)16-4-2-1-3-5-16;/h1-5,14-15,17,20H,6-13H2;1H. The first-order valence-electron chi connectivity index (χ1n) is 9.19. The average molecular weight is 376 g/mol. The second-order valence-corrected chi connectivity index (χ2v) is 7.10. The van der Waals surface area contributed by atoms with E-state index in [1.54, 1.807) is 12.7 Å². The molecule has 1 amide bonds. The van der Waals surface area contributed by atoms with Crippen molar-refractivity contribution in [3.8, 4) is 0 Å². The maximum Gasteiger partial charge on any atom is 0.233 e. The summed E-state index contributed by atoms with van der Waals surface area (Å²) in [5.74, 6) is 0.303. The van der Waals surface area contributed by atoms with Gasteiger partial charge in [0, 0.05) is 13.1 Å². The monoisotopic (exact) mass is 375 g/mol. The van der Waals surface area contributed by atoms with Crippen molar-refractivity contribution in [1.82, 2.24) is 25.0 Å². The summed E-state index contributed by atoms with van der Waals surface area (Å²) in [4.78, 5) is 19.6. The Labute approximate surface area is 160 Å². The van der Waals surface area contributed by atoms with E-state index < -0.39 is 0 Å². The molecule has 26 heavy (non-hydrogen) atoms. The molecule has 1 aromatic carbocycles. The van der Waals surface area contributed by atoms with E-state index in [0.29, 0.717) is 11.9 Å². The molecule has 2 aliphatic heterocycles. The lowest BCUT2D eigenvalue weighted by atomic mass is 9.71. The zero-order valence-electron chi connectivity index (χ0n) is 14.9. The molecule has 2 aliphatic rings. The van der Waals surface area contributed by atoms with Gasteiger partial charge in [-0.3, -0.25) is 4.79 Å². The van der Waals surface area contributed by atoms with Crippen molar-refractivity contribution in [3.63, 3.8) is 0 Å². The lowest BCUT2D eigenvalue weighted by molar-refractivity contribution is -0.140. The Morgan fingerprint density at radius 3 is 2.42 bits per heavy atom. The molecule has 0 aliphatic carbocycles. The van der Waals surface area contributed by atoms with Gasteiger partial charge in [0.15, 0.2) is 0 Å². The molecule has 0 spiro atoms. The van der Waals surface area contributed by atoms with E-state index in [2.05, 4.69) is 32.4 Å². The number of nitrogens with one attached hydrogen (secondary N) is 1. The molecule has 0 radical (unpaired) electrons. The summed E-state index contributed by atoms with van der Waals surface area (Å²) < 4.78 is 1.93. The van der Waals surface area contributed by atoms with E-state index in [0.717, 1.165) is 51.9 Å². The zero-order valence-corrected chi connectivity index (χ0v) is 15.7. The van der Waals surface area contributed by atoms with Crippen LogP contribution in [0.2, 0.25) is 0 Å². The molecule has 2 fully saturated rings. The van der Waals surface area contributed by atoms with Gasteiger partial charge in [-0.2, -0.15) is 5.10 Å². The minimum absolute atomic E-state index is 0. The molecule has 1 aromatic heterocycles. The van der Waals surface area contributed by atoms with Crippen molar-refractivity contribution in [1.29, 1.82) is 0 Å². The third-order valence-corrected chi connectivity index (χ3v) is 5.76. The third-order valence-electron chi connectivity index (χ3n) is 5.76. The normalized spacial score (nSPS) is 20.4. The van der Waals surface area contributed by atoms with Gasteiger partial charge in [0.25, 0.3) is 0 Å². The zero-order chi connectivity index (χ0) is 17.1. The first-order valence-corrected chi connectivity index (χ1v) is 9.19. The molecular formula is C19H26ClN5O. The Morgan fingerprint density at radius 1 is 1.12 bits per heavy atom. The van der Waals surface area contributed by atoms with Gasteiger partial charge in [0.2, 0.25) is 5.91 Å². The number of amides is 1. The molecule has 0 bridgehead atoms. The van der Waals surface area contributed by atoms with Crippen LogP contribution >= 0.6 is 12.4 Å². The minimum Gasteiger partial charge on any atom is -0.342 e. The lowest BCUT2D eigenvalue weighted by Crippen LogP contribution is -2.53. The van der Waals surface area contributed by atoms with Gasteiger partial charge in [-0.05, 0) is 44.3 Å². The predicted octanol–water partition coefficient (Wildman–Crippen LogP) is 2.18. The molecule has 2 aromatic rings. The summed E-state index contributed by atoms with van der Waals surface area (Å²) in [5, 5.41) is 7.66. The second-order valence-electron chi connectivity index (χ2n) is 7.10. The molecule has 0 unspecified atom stereocenters. The van der Waals surface area contributed by atoms with Crippen LogP contribution in [0, 0.1) is 0 Å². The molecule has 0 atom stereocenters. The van der Waals surface area contributed by atoms with Crippen LogP contribution in [0.5, 0.6) is 0 Å². The first kappa shape index (κ1) is 18.9. The number of piperidine rings is 2. The van der Waals surface area contributed by atoms with Gasteiger partial charge in [0.1, 0.15) is 12.7 Å². The van der Waals surface area contributed by atoms with E-state index in [1.165, 1.54) is 5.56 Å². The van der Waals surface area contributed by atoms with Crippen LogP contribution in [-0.4, -0.2) is 51.8 Å². The Balaban J connectivity index is 0.00000196. The second kappa shape index (κ2) is 8.18. The van der Waals surface area contributed by atoms with Crippen LogP contribution in [-0.2, 0) is 10.2 Å². The molecule has 4 rings (SSSR count). The van der Waals surface area contributed by atoms with Gasteiger partial charge in [0.05, 0.1) is 11.5 Å². The summed E-state index contributed by atoms with van der Waals surface area (Å²) >= 11 is 0. The van der Waals surface area contributed by atoms with Crippen molar-refractivity contribution in [2.45, 2.75) is 37.1 Å². The fraction of sp³-hybridized carbons (Fsp3) is 0.526. The number of carbonyl (C=O) groups is 1. The molecule has 3 heterocycles. The predicted molar refractivity (Wildman–Crippen MR) is 102 cm³/mol. The molecule has 7 heteroatoms. The molecule has 0 saturated carbocycles. The number of benzene rings is 1. The Morgan fingerprint density at radius 2 is 1.81 bits per heavy atom. The van der Waals surface area contributed by atoms with E-state index in [4.69, 9.17) is 0 Å². The summed E-state index contributed by atoms with van der Waals surface area (Å²) in [6.07, 6.45) is 6.99. The highest BCUT2D eigenvalue weighted by Crippen LogP contribution is 2.37. The van der Waals surface area contributed by atoms with Crippen molar-refractivity contribution in [3.05, 3.63) is 48.5 Å². The number of likely N-dealkylation sites (tertiary alicyclic amines) is 1. The molecule has 140 valence electrons. The molecule has 1 N–H and O–H groups in total. The number of nitrogens with zero attached hydrogens (tertiary/aromatic N) is 4. The first-order chi connectivity index (χ1) is 12.3. The molecule has 2 saturated heterocycles. The van der Waals surface area contributed by atoms with Crippen LogP contribution in [0.4, 0.5) is 0 Å². The van der Waals surface area contributed by atoms with Crippen molar-refractivity contribution < 1.29 is 4.79 Å². The highest BCUT2D eigenvalue weighted by molar-refractivity contribution is 5.88. The van der Waals surface area contributed by atoms with Crippen LogP contribution in [0.25, 0.3) is 0 Å². The topological polar surface area (TPSA) is 63.1 Å². The summed E-state index contributed by atoms with van der Waals surface area (Å²) in [7, 11) is 0. The largest absolute Gasteiger partial charge is 0.342 e. The molecular weight excluding hydrogens is 350 g/mol. The van der Waals surface area contributed by atoms with E-state index in [-0.39, 0.29) is 17.8 Å². The van der Waals surface area contributed by atoms with Crippen molar-refractivity contribution >= 4 is 18.3 Å². The Hall–Kier alpha value is -1.92. The maximum absolute atomic E-state index is 13.5. The summed E-state index contributed by atoms with van der Waals surface area (Å²) in [6, 6.07) is 10.7. The quantitative estimate of drug-likeness (QED) is 0.893. The highest BCUT2D eigenvalue weighted by atomic mass is 35.5. The number of aromatic nitrogens is 3. The number of hydrogen-bond acceptors (Lipinski definition) is 4. The van der Waals surface area contributed by atoms with Gasteiger partial charge in [-0.1, -0.05) is 30.3 Å². The van der Waals surface area contributed by atoms with Crippen molar-refractivity contribution in [2.75, 3.05) is 26.2 Å². The fourth-order valence-electron chi connectivity index (χ4n) is 4.28. The van der Waals surface area contributed by atoms with Crippen LogP contribution in [0.1, 0.15) is 37.3 Å². The van der Waals surface area contributed by atoms with E-state index in [1.807, 2.05) is 22.9 Å². The van der Waals surface area contributed by atoms with Crippen LogP contribution in [0.15, 0.2) is 43.0 Å². The van der Waals surface area contributed by atoms with E-state index >= 15 is 0 Å². The third kappa shape index (κ3) is 3.48. The van der Waals surface area contributed by atoms with Gasteiger partial charge in [-0.15, -0.1) is 12.4 Å². The minimum atomic E-state index is -0.368. The van der Waals surface area contributed by atoms with Gasteiger partial charge in [-0.25, -0.2) is 9.67 Å². The molecule has 6 nitrogen and oxygen atoms in total. The fourth-order valence-corrected chi connectivity index (χ4v) is 4.28. The van der Waals surface area contributed by atoms with Crippen molar-refractivity contribution in [2.24, 2.45) is 0 Å².